The van der Waals surface area contributed by atoms with Crippen LogP contribution < -0.4 is 5.32 Å². The quantitative estimate of drug-likeness (QED) is 0.895. The summed E-state index contributed by atoms with van der Waals surface area (Å²) in [6, 6.07) is 8.50. The maximum atomic E-state index is 12.7. The summed E-state index contributed by atoms with van der Waals surface area (Å²) >= 11 is 0. The molecule has 0 bridgehead atoms. The molecule has 0 radical (unpaired) electrons. The van der Waals surface area contributed by atoms with Crippen molar-refractivity contribution in [1.82, 2.24) is 10.2 Å². The van der Waals surface area contributed by atoms with Crippen LogP contribution in [0.2, 0.25) is 0 Å². The van der Waals surface area contributed by atoms with Gasteiger partial charge >= 0.3 is 0 Å². The Kier molecular flexibility index (Phi) is 5.60. The van der Waals surface area contributed by atoms with Gasteiger partial charge in [0.25, 0.3) is 0 Å². The van der Waals surface area contributed by atoms with Crippen LogP contribution >= 0.6 is 0 Å². The fourth-order valence-electron chi connectivity index (χ4n) is 2.78. The van der Waals surface area contributed by atoms with E-state index in [4.69, 9.17) is 0 Å². The zero-order valence-electron chi connectivity index (χ0n) is 12.7. The van der Waals surface area contributed by atoms with Crippen LogP contribution in [0.25, 0.3) is 0 Å². The molecule has 3 heteroatoms. The summed E-state index contributed by atoms with van der Waals surface area (Å²) in [7, 11) is 0. The Morgan fingerprint density at radius 3 is 2.50 bits per heavy atom. The van der Waals surface area contributed by atoms with Crippen molar-refractivity contribution >= 4 is 5.91 Å². The second kappa shape index (κ2) is 7.44. The SMILES string of the molecule is CCCN(Cc1ccc(C)cc1)C(=O)C1CCNCC1. The van der Waals surface area contributed by atoms with E-state index in [-0.39, 0.29) is 5.92 Å². The van der Waals surface area contributed by atoms with Gasteiger partial charge in [0.1, 0.15) is 0 Å². The number of aryl methyl sites for hydroxylation is 1. The van der Waals surface area contributed by atoms with Crippen molar-refractivity contribution in [1.29, 1.82) is 0 Å². The van der Waals surface area contributed by atoms with Gasteiger partial charge < -0.3 is 10.2 Å². The van der Waals surface area contributed by atoms with Crippen LogP contribution in [-0.2, 0) is 11.3 Å². The van der Waals surface area contributed by atoms with Crippen LogP contribution in [0.5, 0.6) is 0 Å². The number of nitrogens with one attached hydrogen (secondary N) is 1. The van der Waals surface area contributed by atoms with Gasteiger partial charge in [-0.05, 0) is 44.8 Å². The average molecular weight is 274 g/mol. The lowest BCUT2D eigenvalue weighted by Crippen LogP contribution is -2.41. The third kappa shape index (κ3) is 4.07. The molecular formula is C17H26N2O. The Labute approximate surface area is 122 Å². The van der Waals surface area contributed by atoms with Crippen molar-refractivity contribution in [3.05, 3.63) is 35.4 Å². The van der Waals surface area contributed by atoms with Crippen LogP contribution in [0.1, 0.15) is 37.3 Å². The predicted octanol–water partition coefficient (Wildman–Crippen LogP) is 2.73. The lowest BCUT2D eigenvalue weighted by Gasteiger charge is -2.29. The Hall–Kier alpha value is -1.35. The van der Waals surface area contributed by atoms with E-state index >= 15 is 0 Å². The topological polar surface area (TPSA) is 32.3 Å². The molecule has 0 aromatic heterocycles. The van der Waals surface area contributed by atoms with E-state index in [1.54, 1.807) is 0 Å². The van der Waals surface area contributed by atoms with Crippen molar-refractivity contribution < 1.29 is 4.79 Å². The van der Waals surface area contributed by atoms with Gasteiger partial charge in [0.15, 0.2) is 0 Å². The molecule has 1 aromatic rings. The monoisotopic (exact) mass is 274 g/mol. The van der Waals surface area contributed by atoms with Crippen molar-refractivity contribution in [2.75, 3.05) is 19.6 Å². The van der Waals surface area contributed by atoms with E-state index in [9.17, 15) is 4.79 Å². The highest BCUT2D eigenvalue weighted by molar-refractivity contribution is 5.79. The van der Waals surface area contributed by atoms with E-state index in [0.29, 0.717) is 5.91 Å². The van der Waals surface area contributed by atoms with Gasteiger partial charge in [0.2, 0.25) is 5.91 Å². The minimum absolute atomic E-state index is 0.216. The summed E-state index contributed by atoms with van der Waals surface area (Å²) in [6.07, 6.45) is 2.97. The summed E-state index contributed by atoms with van der Waals surface area (Å²) in [5.74, 6) is 0.558. The van der Waals surface area contributed by atoms with Gasteiger partial charge in [-0.15, -0.1) is 0 Å². The molecule has 1 amide bonds. The number of piperidine rings is 1. The van der Waals surface area contributed by atoms with E-state index < -0.39 is 0 Å². The number of nitrogens with zero attached hydrogens (tertiary/aromatic N) is 1. The smallest absolute Gasteiger partial charge is 0.226 e. The third-order valence-electron chi connectivity index (χ3n) is 3.99. The first-order valence-electron chi connectivity index (χ1n) is 7.75. The maximum absolute atomic E-state index is 12.7. The number of carbonyl (C=O) groups is 1. The minimum atomic E-state index is 0.216. The molecular weight excluding hydrogens is 248 g/mol. The Morgan fingerprint density at radius 1 is 1.25 bits per heavy atom. The Bertz CT molecular complexity index is 421. The lowest BCUT2D eigenvalue weighted by molar-refractivity contribution is -0.137. The fraction of sp³-hybridized carbons (Fsp3) is 0.588. The van der Waals surface area contributed by atoms with Gasteiger partial charge in [0, 0.05) is 19.0 Å². The minimum Gasteiger partial charge on any atom is -0.338 e. The molecule has 3 nitrogen and oxygen atoms in total. The normalized spacial score (nSPS) is 16.1. The maximum Gasteiger partial charge on any atom is 0.226 e. The Balaban J connectivity index is 2.01. The van der Waals surface area contributed by atoms with Crippen molar-refractivity contribution in [3.8, 4) is 0 Å². The highest BCUT2D eigenvalue weighted by Gasteiger charge is 2.25. The fourth-order valence-corrected chi connectivity index (χ4v) is 2.78. The van der Waals surface area contributed by atoms with Crippen LogP contribution in [-0.4, -0.2) is 30.4 Å². The first kappa shape index (κ1) is 15.0. The second-order valence-electron chi connectivity index (χ2n) is 5.77. The van der Waals surface area contributed by atoms with Crippen LogP contribution in [0.15, 0.2) is 24.3 Å². The van der Waals surface area contributed by atoms with Crippen molar-refractivity contribution in [2.45, 2.75) is 39.7 Å². The third-order valence-corrected chi connectivity index (χ3v) is 3.99. The molecule has 1 aliphatic rings. The number of benzene rings is 1. The molecule has 110 valence electrons. The predicted molar refractivity (Wildman–Crippen MR) is 82.5 cm³/mol. The van der Waals surface area contributed by atoms with Crippen molar-refractivity contribution in [3.63, 3.8) is 0 Å². The van der Waals surface area contributed by atoms with E-state index in [1.165, 1.54) is 11.1 Å². The van der Waals surface area contributed by atoms with E-state index in [2.05, 4.69) is 43.4 Å². The molecule has 0 atom stereocenters. The van der Waals surface area contributed by atoms with Gasteiger partial charge in [-0.1, -0.05) is 36.8 Å². The van der Waals surface area contributed by atoms with Crippen molar-refractivity contribution in [2.24, 2.45) is 5.92 Å². The molecule has 1 saturated heterocycles. The zero-order valence-corrected chi connectivity index (χ0v) is 12.7. The summed E-state index contributed by atoms with van der Waals surface area (Å²) < 4.78 is 0. The van der Waals surface area contributed by atoms with Crippen LogP contribution in [0, 0.1) is 12.8 Å². The second-order valence-corrected chi connectivity index (χ2v) is 5.77. The van der Waals surface area contributed by atoms with Crippen LogP contribution in [0.3, 0.4) is 0 Å². The summed E-state index contributed by atoms with van der Waals surface area (Å²) in [4.78, 5) is 14.7. The number of amides is 1. The molecule has 0 aliphatic carbocycles. The molecule has 1 N–H and O–H groups in total. The van der Waals surface area contributed by atoms with E-state index in [1.807, 2.05) is 4.90 Å². The van der Waals surface area contributed by atoms with Crippen LogP contribution in [0.4, 0.5) is 0 Å². The number of hydrogen-bond donors (Lipinski definition) is 1. The summed E-state index contributed by atoms with van der Waals surface area (Å²) in [6.45, 7) is 7.78. The molecule has 20 heavy (non-hydrogen) atoms. The Morgan fingerprint density at radius 2 is 1.90 bits per heavy atom. The molecule has 2 rings (SSSR count). The number of hydrogen-bond acceptors (Lipinski definition) is 2. The number of rotatable bonds is 5. The summed E-state index contributed by atoms with van der Waals surface area (Å²) in [5.41, 5.74) is 2.49. The molecule has 1 aromatic carbocycles. The molecule has 1 heterocycles. The number of carbonyl (C=O) groups excluding carboxylic acids is 1. The van der Waals surface area contributed by atoms with Gasteiger partial charge in [0.05, 0.1) is 0 Å². The first-order valence-corrected chi connectivity index (χ1v) is 7.75. The van der Waals surface area contributed by atoms with Gasteiger partial charge in [-0.3, -0.25) is 4.79 Å². The molecule has 1 fully saturated rings. The lowest BCUT2D eigenvalue weighted by atomic mass is 9.96. The van der Waals surface area contributed by atoms with Gasteiger partial charge in [-0.2, -0.15) is 0 Å². The largest absolute Gasteiger partial charge is 0.338 e. The first-order chi connectivity index (χ1) is 9.70. The highest BCUT2D eigenvalue weighted by Crippen LogP contribution is 2.17. The molecule has 0 spiro atoms. The molecule has 1 aliphatic heterocycles. The average Bonchev–Trinajstić information content (AvgIpc) is 2.49. The standard InChI is InChI=1S/C17H26N2O/c1-3-12-19(13-15-6-4-14(2)5-7-15)17(20)16-8-10-18-11-9-16/h4-7,16,18H,3,8-13H2,1-2H3. The zero-order chi connectivity index (χ0) is 14.4. The van der Waals surface area contributed by atoms with E-state index in [0.717, 1.165) is 45.4 Å². The molecule has 0 saturated carbocycles. The summed E-state index contributed by atoms with van der Waals surface area (Å²) in [5, 5.41) is 3.33. The molecule has 0 unspecified atom stereocenters. The highest BCUT2D eigenvalue weighted by atomic mass is 16.2. The van der Waals surface area contributed by atoms with Gasteiger partial charge in [-0.25, -0.2) is 0 Å².